The number of ether oxygens (including phenoxy) is 1. The second-order valence-corrected chi connectivity index (χ2v) is 9.34. The molecule has 0 aliphatic carbocycles. The van der Waals surface area contributed by atoms with Crippen LogP contribution in [0.2, 0.25) is 5.02 Å². The van der Waals surface area contributed by atoms with E-state index in [0.717, 1.165) is 17.3 Å². The number of rotatable bonds is 6. The van der Waals surface area contributed by atoms with Crippen molar-refractivity contribution in [2.45, 2.75) is 6.54 Å². The average molecular weight is 609 g/mol. The Kier molecular flexibility index (Phi) is 7.25. The molecule has 0 saturated carbocycles. The highest BCUT2D eigenvalue weighted by Crippen LogP contribution is 2.36. The van der Waals surface area contributed by atoms with Crippen molar-refractivity contribution in [3.63, 3.8) is 0 Å². The monoisotopic (exact) mass is 607 g/mol. The van der Waals surface area contributed by atoms with Gasteiger partial charge in [0.2, 0.25) is 0 Å². The number of imide groups is 1. The summed E-state index contributed by atoms with van der Waals surface area (Å²) in [4.78, 5) is 37.2. The zero-order valence-electron chi connectivity index (χ0n) is 14.5. The van der Waals surface area contributed by atoms with Gasteiger partial charge in [0.25, 0.3) is 11.1 Å². The summed E-state index contributed by atoms with van der Waals surface area (Å²) in [5.41, 5.74) is 1.48. The summed E-state index contributed by atoms with van der Waals surface area (Å²) in [6.45, 7) is -0.292. The third-order valence-electron chi connectivity index (χ3n) is 3.79. The number of carboxylic acid groups (broad SMARTS) is 1. The van der Waals surface area contributed by atoms with Crippen LogP contribution in [0.4, 0.5) is 4.79 Å². The molecule has 0 bridgehead atoms. The van der Waals surface area contributed by atoms with Crippen molar-refractivity contribution in [1.29, 1.82) is 0 Å². The van der Waals surface area contributed by atoms with Crippen molar-refractivity contribution in [2.75, 3.05) is 6.61 Å². The molecule has 1 saturated heterocycles. The second kappa shape index (κ2) is 9.50. The maximum Gasteiger partial charge on any atom is 0.341 e. The average Bonchev–Trinajstić information content (AvgIpc) is 2.90. The minimum absolute atomic E-state index is 0.169. The van der Waals surface area contributed by atoms with Crippen molar-refractivity contribution >= 4 is 85.1 Å². The molecular formula is C19H12BrClINO5S. The summed E-state index contributed by atoms with van der Waals surface area (Å²) in [6.07, 6.45) is 1.63. The molecule has 1 heterocycles. The SMILES string of the molecule is O=C(O)COc1c(Br)cc(/C=C2/SC(=O)N(Cc3ccc(Cl)cc3)C2=O)cc1I. The van der Waals surface area contributed by atoms with Gasteiger partial charge in [0.05, 0.1) is 19.5 Å². The fraction of sp³-hybridized carbons (Fsp3) is 0.105. The van der Waals surface area contributed by atoms with Gasteiger partial charge >= 0.3 is 5.97 Å². The summed E-state index contributed by atoms with van der Waals surface area (Å²) in [5.74, 6) is -1.04. The van der Waals surface area contributed by atoms with E-state index < -0.39 is 12.6 Å². The largest absolute Gasteiger partial charge is 0.480 e. The van der Waals surface area contributed by atoms with Gasteiger partial charge in [-0.2, -0.15) is 0 Å². The second-order valence-electron chi connectivity index (χ2n) is 5.89. The Morgan fingerprint density at radius 3 is 2.59 bits per heavy atom. The van der Waals surface area contributed by atoms with Crippen molar-refractivity contribution in [1.82, 2.24) is 4.90 Å². The van der Waals surface area contributed by atoms with Crippen LogP contribution >= 0.6 is 61.9 Å². The number of hydrogen-bond acceptors (Lipinski definition) is 5. The van der Waals surface area contributed by atoms with Gasteiger partial charge < -0.3 is 9.84 Å². The number of nitrogens with zero attached hydrogens (tertiary/aromatic N) is 1. The third kappa shape index (κ3) is 5.53. The lowest BCUT2D eigenvalue weighted by molar-refractivity contribution is -0.139. The quantitative estimate of drug-likeness (QED) is 0.349. The Hall–Kier alpha value is -1.56. The van der Waals surface area contributed by atoms with E-state index in [1.165, 1.54) is 4.90 Å². The Bertz CT molecular complexity index is 1000. The van der Waals surface area contributed by atoms with Crippen LogP contribution in [-0.4, -0.2) is 33.7 Å². The Labute approximate surface area is 197 Å². The van der Waals surface area contributed by atoms with Gasteiger partial charge in [-0.25, -0.2) is 4.79 Å². The number of carbonyl (C=O) groups is 3. The minimum Gasteiger partial charge on any atom is -0.480 e. The number of thioether (sulfide) groups is 1. The van der Waals surface area contributed by atoms with Crippen LogP contribution in [0.15, 0.2) is 45.8 Å². The molecule has 0 spiro atoms. The minimum atomic E-state index is -1.08. The van der Waals surface area contributed by atoms with Crippen molar-refractivity contribution in [2.24, 2.45) is 0 Å². The molecule has 1 fully saturated rings. The van der Waals surface area contributed by atoms with Crippen LogP contribution in [0.25, 0.3) is 6.08 Å². The number of carbonyl (C=O) groups excluding carboxylic acids is 2. The molecule has 0 atom stereocenters. The fourth-order valence-corrected chi connectivity index (χ4v) is 5.23. The van der Waals surface area contributed by atoms with Crippen LogP contribution in [0.5, 0.6) is 5.75 Å². The summed E-state index contributed by atoms with van der Waals surface area (Å²) in [5, 5.41) is 9.00. The molecule has 29 heavy (non-hydrogen) atoms. The van der Waals surface area contributed by atoms with E-state index in [0.29, 0.717) is 29.3 Å². The highest BCUT2D eigenvalue weighted by Gasteiger charge is 2.35. The molecule has 0 unspecified atom stereocenters. The molecular weight excluding hydrogens is 597 g/mol. The zero-order valence-corrected chi connectivity index (χ0v) is 19.8. The number of amides is 2. The smallest absolute Gasteiger partial charge is 0.341 e. The third-order valence-corrected chi connectivity index (χ3v) is 6.34. The zero-order chi connectivity index (χ0) is 21.1. The lowest BCUT2D eigenvalue weighted by Crippen LogP contribution is -2.27. The van der Waals surface area contributed by atoms with E-state index in [9.17, 15) is 14.4 Å². The molecule has 0 radical (unpaired) electrons. The van der Waals surface area contributed by atoms with Gasteiger partial charge in [0.15, 0.2) is 6.61 Å². The summed E-state index contributed by atoms with van der Waals surface area (Å²) >= 11 is 12.1. The summed E-state index contributed by atoms with van der Waals surface area (Å²) in [6, 6.07) is 10.4. The van der Waals surface area contributed by atoms with Crippen LogP contribution in [0.1, 0.15) is 11.1 Å². The number of benzene rings is 2. The molecule has 1 aliphatic heterocycles. The Morgan fingerprint density at radius 1 is 1.28 bits per heavy atom. The topological polar surface area (TPSA) is 83.9 Å². The molecule has 3 rings (SSSR count). The lowest BCUT2D eigenvalue weighted by Gasteiger charge is -2.12. The number of aliphatic carboxylic acids is 1. The number of hydrogen-bond donors (Lipinski definition) is 1. The lowest BCUT2D eigenvalue weighted by atomic mass is 10.2. The number of carboxylic acids is 1. The molecule has 10 heteroatoms. The van der Waals surface area contributed by atoms with E-state index in [2.05, 4.69) is 15.9 Å². The first-order valence-electron chi connectivity index (χ1n) is 8.08. The maximum atomic E-state index is 12.7. The van der Waals surface area contributed by atoms with Gasteiger partial charge in [-0.1, -0.05) is 23.7 Å². The molecule has 2 amide bonds. The van der Waals surface area contributed by atoms with Gasteiger partial charge in [-0.3, -0.25) is 14.5 Å². The van der Waals surface area contributed by atoms with Crippen LogP contribution < -0.4 is 4.74 Å². The molecule has 1 aliphatic rings. The first kappa shape index (κ1) is 22.1. The molecule has 150 valence electrons. The highest BCUT2D eigenvalue weighted by atomic mass is 127. The molecule has 0 aromatic heterocycles. The Morgan fingerprint density at radius 2 is 1.97 bits per heavy atom. The summed E-state index contributed by atoms with van der Waals surface area (Å²) in [7, 11) is 0. The van der Waals surface area contributed by atoms with Gasteiger partial charge in [-0.05, 0) is 91.8 Å². The van der Waals surface area contributed by atoms with E-state index >= 15 is 0 Å². The fourth-order valence-electron chi connectivity index (χ4n) is 2.49. The van der Waals surface area contributed by atoms with E-state index in [1.807, 2.05) is 22.6 Å². The summed E-state index contributed by atoms with van der Waals surface area (Å²) < 4.78 is 6.49. The first-order chi connectivity index (χ1) is 13.7. The van der Waals surface area contributed by atoms with Gasteiger partial charge in [-0.15, -0.1) is 0 Å². The number of halogens is 3. The van der Waals surface area contributed by atoms with E-state index in [1.54, 1.807) is 42.5 Å². The van der Waals surface area contributed by atoms with Crippen LogP contribution in [0.3, 0.4) is 0 Å². The molecule has 6 nitrogen and oxygen atoms in total. The standard InChI is InChI=1S/C19H12BrClINO5S/c20-13-5-11(6-14(22)17(13)28-9-16(24)25)7-15-18(26)23(19(27)29-15)8-10-1-3-12(21)4-2-10/h1-7H,8-9H2,(H,24,25)/b15-7+. The van der Waals surface area contributed by atoms with E-state index in [4.69, 9.17) is 21.4 Å². The molecule has 2 aromatic carbocycles. The maximum absolute atomic E-state index is 12.7. The predicted molar refractivity (Wildman–Crippen MR) is 123 cm³/mol. The van der Waals surface area contributed by atoms with Gasteiger partial charge in [0.1, 0.15) is 5.75 Å². The van der Waals surface area contributed by atoms with E-state index in [-0.39, 0.29) is 17.7 Å². The Balaban J connectivity index is 1.80. The van der Waals surface area contributed by atoms with Crippen molar-refractivity contribution in [3.8, 4) is 5.75 Å². The van der Waals surface area contributed by atoms with Crippen LogP contribution in [0, 0.1) is 3.57 Å². The van der Waals surface area contributed by atoms with Crippen molar-refractivity contribution in [3.05, 3.63) is 65.5 Å². The molecule has 1 N–H and O–H groups in total. The normalized spacial score (nSPS) is 15.3. The van der Waals surface area contributed by atoms with Gasteiger partial charge in [0, 0.05) is 5.02 Å². The highest BCUT2D eigenvalue weighted by molar-refractivity contribution is 14.1. The van der Waals surface area contributed by atoms with Crippen molar-refractivity contribution < 1.29 is 24.2 Å². The first-order valence-corrected chi connectivity index (χ1v) is 11.1. The predicted octanol–water partition coefficient (Wildman–Crippen LogP) is 5.41. The van der Waals surface area contributed by atoms with Crippen LogP contribution in [-0.2, 0) is 16.1 Å². The molecule has 2 aromatic rings.